The lowest BCUT2D eigenvalue weighted by Gasteiger charge is -2.12. The molecule has 1 atom stereocenters. The number of esters is 1. The van der Waals surface area contributed by atoms with E-state index in [9.17, 15) is 13.6 Å². The minimum absolute atomic E-state index is 0.0513. The summed E-state index contributed by atoms with van der Waals surface area (Å²) in [5, 5.41) is 0. The lowest BCUT2D eigenvalue weighted by molar-refractivity contribution is -0.145. The molecule has 0 spiro atoms. The van der Waals surface area contributed by atoms with Crippen molar-refractivity contribution in [2.24, 2.45) is 0 Å². The van der Waals surface area contributed by atoms with Crippen molar-refractivity contribution in [2.45, 2.75) is 45.0 Å². The third-order valence-electron chi connectivity index (χ3n) is 3.54. The molecule has 0 amide bonds. The van der Waals surface area contributed by atoms with E-state index in [0.29, 0.717) is 18.4 Å². The second kappa shape index (κ2) is 8.67. The summed E-state index contributed by atoms with van der Waals surface area (Å²) in [5.41, 5.74) is 0.633. The molecule has 2 rings (SSSR count). The van der Waals surface area contributed by atoms with Crippen LogP contribution in [0.3, 0.4) is 0 Å². The fourth-order valence-corrected chi connectivity index (χ4v) is 2.38. The molecule has 1 aliphatic heterocycles. The number of carbonyl (C=O) groups excluding carboxylic acids is 1. The number of ether oxygens (including phenoxy) is 4. The topological polar surface area (TPSA) is 54.0 Å². The molecule has 1 unspecified atom stereocenters. The Morgan fingerprint density at radius 1 is 1.39 bits per heavy atom. The SMILES string of the molecule is COc1cc(COC(=O)CCC2CCCO2)ccc1OC(F)F. The van der Waals surface area contributed by atoms with Gasteiger partial charge in [0.25, 0.3) is 0 Å². The van der Waals surface area contributed by atoms with Crippen LogP contribution in [-0.2, 0) is 20.9 Å². The number of methoxy groups -OCH3 is 1. The van der Waals surface area contributed by atoms with Gasteiger partial charge in [0.15, 0.2) is 11.5 Å². The summed E-state index contributed by atoms with van der Waals surface area (Å²) in [7, 11) is 1.35. The van der Waals surface area contributed by atoms with Gasteiger partial charge in [-0.25, -0.2) is 0 Å². The molecular formula is C16H20F2O5. The van der Waals surface area contributed by atoms with Crippen molar-refractivity contribution in [1.82, 2.24) is 0 Å². The maximum atomic E-state index is 12.2. The molecule has 0 N–H and O–H groups in total. The molecule has 1 heterocycles. The van der Waals surface area contributed by atoms with Gasteiger partial charge >= 0.3 is 12.6 Å². The molecule has 1 aliphatic rings. The second-order valence-corrected chi connectivity index (χ2v) is 5.20. The van der Waals surface area contributed by atoms with Gasteiger partial charge in [0.2, 0.25) is 0 Å². The highest BCUT2D eigenvalue weighted by Gasteiger charge is 2.17. The first kappa shape index (κ1) is 17.5. The predicted molar refractivity (Wildman–Crippen MR) is 77.6 cm³/mol. The van der Waals surface area contributed by atoms with Crippen molar-refractivity contribution in [1.29, 1.82) is 0 Å². The summed E-state index contributed by atoms with van der Waals surface area (Å²) < 4.78 is 44.4. The molecule has 23 heavy (non-hydrogen) atoms. The number of alkyl halides is 2. The van der Waals surface area contributed by atoms with Crippen LogP contribution in [0.15, 0.2) is 18.2 Å². The number of halogens is 2. The van der Waals surface area contributed by atoms with Gasteiger partial charge in [-0.2, -0.15) is 8.78 Å². The van der Waals surface area contributed by atoms with Crippen molar-refractivity contribution in [3.05, 3.63) is 23.8 Å². The van der Waals surface area contributed by atoms with Crippen molar-refractivity contribution in [2.75, 3.05) is 13.7 Å². The quantitative estimate of drug-likeness (QED) is 0.685. The van der Waals surface area contributed by atoms with Crippen LogP contribution >= 0.6 is 0 Å². The van der Waals surface area contributed by atoms with Gasteiger partial charge in [-0.05, 0) is 37.0 Å². The summed E-state index contributed by atoms with van der Waals surface area (Å²) in [4.78, 5) is 11.7. The largest absolute Gasteiger partial charge is 0.493 e. The summed E-state index contributed by atoms with van der Waals surface area (Å²) in [5.74, 6) is -0.207. The Morgan fingerprint density at radius 3 is 2.87 bits per heavy atom. The van der Waals surface area contributed by atoms with Gasteiger partial charge < -0.3 is 18.9 Å². The third kappa shape index (κ3) is 5.67. The highest BCUT2D eigenvalue weighted by Crippen LogP contribution is 2.29. The molecule has 1 aromatic carbocycles. The maximum Gasteiger partial charge on any atom is 0.387 e. The van der Waals surface area contributed by atoms with Crippen molar-refractivity contribution in [3.8, 4) is 11.5 Å². The zero-order chi connectivity index (χ0) is 16.7. The first-order valence-corrected chi connectivity index (χ1v) is 7.47. The van der Waals surface area contributed by atoms with Gasteiger partial charge in [-0.3, -0.25) is 4.79 Å². The Labute approximate surface area is 133 Å². The number of carbonyl (C=O) groups is 1. The van der Waals surface area contributed by atoms with E-state index in [1.165, 1.54) is 19.2 Å². The van der Waals surface area contributed by atoms with Gasteiger partial charge in [0.1, 0.15) is 6.61 Å². The minimum Gasteiger partial charge on any atom is -0.493 e. The Hall–Kier alpha value is -1.89. The second-order valence-electron chi connectivity index (χ2n) is 5.20. The number of hydrogen-bond donors (Lipinski definition) is 0. The van der Waals surface area contributed by atoms with E-state index in [1.807, 2.05) is 0 Å². The smallest absolute Gasteiger partial charge is 0.387 e. The first-order chi connectivity index (χ1) is 11.1. The van der Waals surface area contributed by atoms with E-state index in [1.54, 1.807) is 6.07 Å². The van der Waals surface area contributed by atoms with Gasteiger partial charge in [-0.15, -0.1) is 0 Å². The van der Waals surface area contributed by atoms with Crippen molar-refractivity contribution < 1.29 is 32.5 Å². The molecule has 0 aliphatic carbocycles. The molecule has 1 saturated heterocycles. The summed E-state index contributed by atoms with van der Waals surface area (Å²) in [6.07, 6.45) is 3.12. The van der Waals surface area contributed by atoms with Crippen LogP contribution in [0.4, 0.5) is 8.78 Å². The standard InChI is InChI=1S/C16H20F2O5/c1-20-14-9-11(4-6-13(14)23-16(17)18)10-22-15(19)7-5-12-3-2-8-21-12/h4,6,9,12,16H,2-3,5,7-8,10H2,1H3. The lowest BCUT2D eigenvalue weighted by atomic mass is 10.1. The lowest BCUT2D eigenvalue weighted by Crippen LogP contribution is -2.11. The van der Waals surface area contributed by atoms with E-state index in [0.717, 1.165) is 19.4 Å². The van der Waals surface area contributed by atoms with Crippen LogP contribution in [0.2, 0.25) is 0 Å². The highest BCUT2D eigenvalue weighted by molar-refractivity contribution is 5.69. The van der Waals surface area contributed by atoms with Crippen LogP contribution in [0.1, 0.15) is 31.2 Å². The monoisotopic (exact) mass is 330 g/mol. The molecule has 1 fully saturated rings. The fourth-order valence-electron chi connectivity index (χ4n) is 2.38. The number of benzene rings is 1. The zero-order valence-electron chi connectivity index (χ0n) is 12.9. The van der Waals surface area contributed by atoms with E-state index >= 15 is 0 Å². The molecule has 5 nitrogen and oxygen atoms in total. The van der Waals surface area contributed by atoms with E-state index < -0.39 is 6.61 Å². The maximum absolute atomic E-state index is 12.2. The summed E-state index contributed by atoms with van der Waals surface area (Å²) in [6.45, 7) is -2.12. The number of rotatable bonds is 8. The van der Waals surface area contributed by atoms with E-state index in [4.69, 9.17) is 14.2 Å². The molecular weight excluding hydrogens is 310 g/mol. The Bertz CT molecular complexity index is 515. The van der Waals surface area contributed by atoms with Crippen molar-refractivity contribution >= 4 is 5.97 Å². The predicted octanol–water partition coefficient (Wildman–Crippen LogP) is 3.30. The third-order valence-corrected chi connectivity index (χ3v) is 3.54. The molecule has 0 aromatic heterocycles. The van der Waals surface area contributed by atoms with Crippen LogP contribution in [0.25, 0.3) is 0 Å². The Balaban J connectivity index is 1.81. The fraction of sp³-hybridized carbons (Fsp3) is 0.562. The Morgan fingerprint density at radius 2 is 2.22 bits per heavy atom. The van der Waals surface area contributed by atoms with Crippen LogP contribution in [-0.4, -0.2) is 32.4 Å². The van der Waals surface area contributed by atoms with E-state index in [2.05, 4.69) is 4.74 Å². The van der Waals surface area contributed by atoms with Gasteiger partial charge in [-0.1, -0.05) is 6.07 Å². The van der Waals surface area contributed by atoms with Crippen LogP contribution in [0, 0.1) is 0 Å². The molecule has 7 heteroatoms. The summed E-state index contributed by atoms with van der Waals surface area (Å²) in [6, 6.07) is 4.42. The molecule has 0 radical (unpaired) electrons. The molecule has 0 bridgehead atoms. The van der Waals surface area contributed by atoms with E-state index in [-0.39, 0.29) is 30.2 Å². The average Bonchev–Trinajstić information content (AvgIpc) is 3.04. The molecule has 1 aromatic rings. The van der Waals surface area contributed by atoms with Crippen molar-refractivity contribution in [3.63, 3.8) is 0 Å². The highest BCUT2D eigenvalue weighted by atomic mass is 19.3. The molecule has 0 saturated carbocycles. The van der Waals surface area contributed by atoms with Crippen LogP contribution < -0.4 is 9.47 Å². The number of hydrogen-bond acceptors (Lipinski definition) is 5. The zero-order valence-corrected chi connectivity index (χ0v) is 12.9. The Kier molecular flexibility index (Phi) is 6.58. The van der Waals surface area contributed by atoms with Crippen LogP contribution in [0.5, 0.6) is 11.5 Å². The van der Waals surface area contributed by atoms with Gasteiger partial charge in [0.05, 0.1) is 13.2 Å². The average molecular weight is 330 g/mol. The van der Waals surface area contributed by atoms with Gasteiger partial charge in [0, 0.05) is 13.0 Å². The minimum atomic E-state index is -2.93. The normalized spacial score (nSPS) is 17.3. The molecule has 128 valence electrons. The first-order valence-electron chi connectivity index (χ1n) is 7.47. The summed E-state index contributed by atoms with van der Waals surface area (Å²) >= 11 is 0.